The number of para-hydroxylation sites is 1. The van der Waals surface area contributed by atoms with Crippen LogP contribution in [-0.2, 0) is 0 Å². The van der Waals surface area contributed by atoms with Gasteiger partial charge in [-0.25, -0.2) is 10.8 Å². The van der Waals surface area contributed by atoms with Crippen molar-refractivity contribution in [3.8, 4) is 0 Å². The Bertz CT molecular complexity index is 615. The van der Waals surface area contributed by atoms with Gasteiger partial charge in [0.1, 0.15) is 5.69 Å². The van der Waals surface area contributed by atoms with Crippen LogP contribution in [0.1, 0.15) is 37.8 Å². The number of benzene rings is 1. The molecule has 1 aromatic carbocycles. The standard InChI is InChI=1S/C16H20N4/c17-20-16(18-13-7-2-1-3-8-13)15-11-10-12-6-4-5-9-14(12)19-15/h4-6,9-11,13H,1-3,7-8,17H2,(H,18,20). The molecule has 1 aliphatic carbocycles. The molecule has 0 aliphatic heterocycles. The number of hydrazine groups is 1. The molecule has 0 unspecified atom stereocenters. The fraction of sp³-hybridized carbons (Fsp3) is 0.375. The van der Waals surface area contributed by atoms with Crippen molar-refractivity contribution in [2.75, 3.05) is 0 Å². The van der Waals surface area contributed by atoms with Crippen LogP contribution in [0, 0.1) is 0 Å². The summed E-state index contributed by atoms with van der Waals surface area (Å²) < 4.78 is 0. The smallest absolute Gasteiger partial charge is 0.161 e. The Kier molecular flexibility index (Phi) is 3.92. The molecule has 0 bridgehead atoms. The highest BCUT2D eigenvalue weighted by molar-refractivity contribution is 5.98. The van der Waals surface area contributed by atoms with E-state index in [1.54, 1.807) is 0 Å². The fourth-order valence-corrected chi connectivity index (χ4v) is 2.77. The molecule has 20 heavy (non-hydrogen) atoms. The van der Waals surface area contributed by atoms with E-state index >= 15 is 0 Å². The van der Waals surface area contributed by atoms with Gasteiger partial charge in [-0.1, -0.05) is 43.5 Å². The number of hydrogen-bond acceptors (Lipinski definition) is 3. The zero-order valence-corrected chi connectivity index (χ0v) is 11.5. The summed E-state index contributed by atoms with van der Waals surface area (Å²) in [7, 11) is 0. The second-order valence-electron chi connectivity index (χ2n) is 5.30. The van der Waals surface area contributed by atoms with Gasteiger partial charge in [0.25, 0.3) is 0 Å². The minimum absolute atomic E-state index is 0.378. The molecule has 1 fully saturated rings. The average molecular weight is 268 g/mol. The molecule has 2 aromatic rings. The molecule has 0 amide bonds. The summed E-state index contributed by atoms with van der Waals surface area (Å²) in [5.41, 5.74) is 4.50. The van der Waals surface area contributed by atoms with Crippen LogP contribution in [0.4, 0.5) is 0 Å². The van der Waals surface area contributed by atoms with E-state index in [1.807, 2.05) is 24.3 Å². The molecule has 1 aliphatic rings. The van der Waals surface area contributed by atoms with E-state index < -0.39 is 0 Å². The zero-order valence-electron chi connectivity index (χ0n) is 11.5. The Morgan fingerprint density at radius 2 is 1.90 bits per heavy atom. The van der Waals surface area contributed by atoms with Crippen LogP contribution in [0.15, 0.2) is 41.4 Å². The number of fused-ring (bicyclic) bond motifs is 1. The molecule has 1 saturated carbocycles. The Morgan fingerprint density at radius 1 is 1.10 bits per heavy atom. The summed E-state index contributed by atoms with van der Waals surface area (Å²) in [5.74, 6) is 6.34. The lowest BCUT2D eigenvalue weighted by Gasteiger charge is -2.19. The van der Waals surface area contributed by atoms with Crippen LogP contribution in [0.5, 0.6) is 0 Å². The van der Waals surface area contributed by atoms with Gasteiger partial charge in [0, 0.05) is 5.39 Å². The highest BCUT2D eigenvalue weighted by Crippen LogP contribution is 2.21. The Hall–Kier alpha value is -1.94. The molecule has 104 valence electrons. The van der Waals surface area contributed by atoms with Crippen molar-refractivity contribution in [3.63, 3.8) is 0 Å². The van der Waals surface area contributed by atoms with Gasteiger partial charge in [-0.05, 0) is 25.0 Å². The molecule has 1 aromatic heterocycles. The maximum atomic E-state index is 5.65. The highest BCUT2D eigenvalue weighted by Gasteiger charge is 2.14. The number of hydrogen-bond donors (Lipinski definition) is 2. The van der Waals surface area contributed by atoms with Crippen LogP contribution in [0.25, 0.3) is 10.9 Å². The first-order chi connectivity index (χ1) is 9.86. The molecule has 0 radical (unpaired) electrons. The maximum absolute atomic E-state index is 5.65. The minimum Gasteiger partial charge on any atom is -0.307 e. The molecule has 0 atom stereocenters. The summed E-state index contributed by atoms with van der Waals surface area (Å²) >= 11 is 0. The normalized spacial score (nSPS) is 17.4. The fourth-order valence-electron chi connectivity index (χ4n) is 2.77. The van der Waals surface area contributed by atoms with Crippen molar-refractivity contribution in [1.29, 1.82) is 0 Å². The Balaban J connectivity index is 1.91. The van der Waals surface area contributed by atoms with E-state index in [0.717, 1.165) is 29.4 Å². The van der Waals surface area contributed by atoms with Crippen LogP contribution in [0.2, 0.25) is 0 Å². The van der Waals surface area contributed by atoms with E-state index in [4.69, 9.17) is 10.8 Å². The quantitative estimate of drug-likeness (QED) is 0.381. The molecule has 3 N–H and O–H groups in total. The topological polar surface area (TPSA) is 63.3 Å². The maximum Gasteiger partial charge on any atom is 0.161 e. The predicted octanol–water partition coefficient (Wildman–Crippen LogP) is 2.78. The number of pyridine rings is 1. The van der Waals surface area contributed by atoms with Gasteiger partial charge in [0.15, 0.2) is 5.84 Å². The molecule has 3 rings (SSSR count). The van der Waals surface area contributed by atoms with Gasteiger partial charge in [0.05, 0.1) is 11.6 Å². The van der Waals surface area contributed by atoms with Crippen molar-refractivity contribution >= 4 is 16.7 Å². The first-order valence-electron chi connectivity index (χ1n) is 7.27. The largest absolute Gasteiger partial charge is 0.307 e. The van der Waals surface area contributed by atoms with E-state index in [-0.39, 0.29) is 0 Å². The number of aromatic nitrogens is 1. The van der Waals surface area contributed by atoms with E-state index in [1.165, 1.54) is 19.3 Å². The monoisotopic (exact) mass is 268 g/mol. The molecule has 0 saturated heterocycles. The van der Waals surface area contributed by atoms with Crippen molar-refractivity contribution < 1.29 is 0 Å². The van der Waals surface area contributed by atoms with Gasteiger partial charge in [-0.2, -0.15) is 0 Å². The third-order valence-electron chi connectivity index (χ3n) is 3.86. The summed E-state index contributed by atoms with van der Waals surface area (Å²) in [6.07, 6.45) is 6.15. The Morgan fingerprint density at radius 3 is 2.70 bits per heavy atom. The summed E-state index contributed by atoms with van der Waals surface area (Å²) in [4.78, 5) is 9.39. The summed E-state index contributed by atoms with van der Waals surface area (Å²) in [5, 5.41) is 1.13. The van der Waals surface area contributed by atoms with E-state index in [2.05, 4.69) is 22.5 Å². The number of aliphatic imine (C=N–C) groups is 1. The van der Waals surface area contributed by atoms with Gasteiger partial charge in [-0.15, -0.1) is 0 Å². The SMILES string of the molecule is NNC(=NC1CCCCC1)c1ccc2ccccc2n1. The van der Waals surface area contributed by atoms with Gasteiger partial charge in [0.2, 0.25) is 0 Å². The first kappa shape index (κ1) is 13.1. The average Bonchev–Trinajstić information content (AvgIpc) is 2.53. The summed E-state index contributed by atoms with van der Waals surface area (Å²) in [6, 6.07) is 12.5. The zero-order chi connectivity index (χ0) is 13.8. The lowest BCUT2D eigenvalue weighted by molar-refractivity contribution is 0.442. The van der Waals surface area contributed by atoms with Crippen molar-refractivity contribution in [1.82, 2.24) is 10.4 Å². The molecule has 0 spiro atoms. The minimum atomic E-state index is 0.378. The number of nitrogens with one attached hydrogen (secondary N) is 1. The molecule has 4 nitrogen and oxygen atoms in total. The van der Waals surface area contributed by atoms with E-state index in [9.17, 15) is 0 Å². The number of amidine groups is 1. The highest BCUT2D eigenvalue weighted by atomic mass is 15.3. The number of nitrogens with two attached hydrogens (primary N) is 1. The predicted molar refractivity (Wildman–Crippen MR) is 82.5 cm³/mol. The first-order valence-corrected chi connectivity index (χ1v) is 7.27. The second kappa shape index (κ2) is 6.01. The van der Waals surface area contributed by atoms with Gasteiger partial charge >= 0.3 is 0 Å². The molecule has 1 heterocycles. The lowest BCUT2D eigenvalue weighted by Crippen LogP contribution is -2.33. The third-order valence-corrected chi connectivity index (χ3v) is 3.86. The van der Waals surface area contributed by atoms with Crippen molar-refractivity contribution in [2.24, 2.45) is 10.8 Å². The molecular formula is C16H20N4. The number of rotatable bonds is 2. The van der Waals surface area contributed by atoms with Crippen molar-refractivity contribution in [2.45, 2.75) is 38.1 Å². The van der Waals surface area contributed by atoms with Crippen LogP contribution < -0.4 is 11.3 Å². The molecule has 4 heteroatoms. The van der Waals surface area contributed by atoms with Crippen LogP contribution in [0.3, 0.4) is 0 Å². The Labute approximate surface area is 119 Å². The van der Waals surface area contributed by atoms with Crippen LogP contribution in [-0.4, -0.2) is 16.9 Å². The lowest BCUT2D eigenvalue weighted by atomic mass is 9.96. The molecular weight excluding hydrogens is 248 g/mol. The third kappa shape index (κ3) is 2.80. The van der Waals surface area contributed by atoms with E-state index in [0.29, 0.717) is 11.9 Å². The van der Waals surface area contributed by atoms with Gasteiger partial charge in [-0.3, -0.25) is 4.99 Å². The second-order valence-corrected chi connectivity index (χ2v) is 5.30. The van der Waals surface area contributed by atoms with Crippen LogP contribution >= 0.6 is 0 Å². The van der Waals surface area contributed by atoms with Crippen molar-refractivity contribution in [3.05, 3.63) is 42.1 Å². The summed E-state index contributed by atoms with van der Waals surface area (Å²) in [6.45, 7) is 0. The van der Waals surface area contributed by atoms with Gasteiger partial charge < -0.3 is 5.43 Å². The number of nitrogens with zero attached hydrogens (tertiary/aromatic N) is 2.